The molecule has 3 amide bonds. The average Bonchev–Trinajstić information content (AvgIpc) is 2.90. The van der Waals surface area contributed by atoms with Gasteiger partial charge in [0.2, 0.25) is 17.7 Å². The molecule has 2 aromatic carbocycles. The molecule has 1 atom stereocenters. The number of aryl methyl sites for hydroxylation is 1. The van der Waals surface area contributed by atoms with Gasteiger partial charge in [-0.25, -0.2) is 0 Å². The Morgan fingerprint density at radius 3 is 2.50 bits per heavy atom. The summed E-state index contributed by atoms with van der Waals surface area (Å²) in [5.74, 6) is 0.648. The summed E-state index contributed by atoms with van der Waals surface area (Å²) in [4.78, 5) is 40.9. The van der Waals surface area contributed by atoms with Crippen molar-refractivity contribution in [2.45, 2.75) is 57.9 Å². The van der Waals surface area contributed by atoms with Crippen molar-refractivity contribution in [3.8, 4) is 5.75 Å². The van der Waals surface area contributed by atoms with Crippen LogP contribution >= 0.6 is 0 Å². The first-order valence-corrected chi connectivity index (χ1v) is 13.1. The third-order valence-electron chi connectivity index (χ3n) is 7.48. The summed E-state index contributed by atoms with van der Waals surface area (Å²) in [6, 6.07) is 17.1. The van der Waals surface area contributed by atoms with Crippen LogP contribution in [0, 0.1) is 5.41 Å². The number of rotatable bonds is 2. The highest BCUT2D eigenvalue weighted by Crippen LogP contribution is 2.38. The Labute approximate surface area is 213 Å². The number of hydrogen-bond donors (Lipinski definition) is 2. The highest BCUT2D eigenvalue weighted by molar-refractivity contribution is 5.90. The molecule has 2 aliphatic rings. The van der Waals surface area contributed by atoms with Gasteiger partial charge < -0.3 is 20.3 Å². The van der Waals surface area contributed by atoms with Crippen molar-refractivity contribution in [2.75, 3.05) is 26.2 Å². The Hall–Kier alpha value is -3.35. The number of carbonyl (C=O) groups is 3. The number of fused-ring (bicyclic) bond motifs is 1. The first kappa shape index (κ1) is 25.7. The van der Waals surface area contributed by atoms with Gasteiger partial charge in [-0.2, -0.15) is 0 Å². The third-order valence-corrected chi connectivity index (χ3v) is 7.48. The van der Waals surface area contributed by atoms with Crippen LogP contribution in [0.15, 0.2) is 54.6 Å². The van der Waals surface area contributed by atoms with E-state index in [1.165, 1.54) is 0 Å². The standard InChI is InChI=1S/C29H37N3O4/c1-22-27(34)30-17-20-36-25-13-6-5-11-24(25)12-7-8-14-29(28(35)31-22)15-18-32(19-16-29)26(33)21-23-9-3-2-4-10-23/h2-6,9-11,13,22H,7-8,12,14-21H2,1H3,(H,30,34)(H,31,35)/t22-/m0/s1. The van der Waals surface area contributed by atoms with E-state index >= 15 is 0 Å². The number of carbonyl (C=O) groups excluding carboxylic acids is 3. The number of hydrogen-bond acceptors (Lipinski definition) is 4. The van der Waals surface area contributed by atoms with Crippen LogP contribution in [0.4, 0.5) is 0 Å². The molecule has 7 heteroatoms. The second kappa shape index (κ2) is 12.1. The van der Waals surface area contributed by atoms with Crippen LogP contribution in [0.3, 0.4) is 0 Å². The minimum absolute atomic E-state index is 0.0770. The summed E-state index contributed by atoms with van der Waals surface area (Å²) in [7, 11) is 0. The molecular weight excluding hydrogens is 454 g/mol. The van der Waals surface area contributed by atoms with Gasteiger partial charge in [0.25, 0.3) is 0 Å². The molecule has 2 aliphatic heterocycles. The minimum Gasteiger partial charge on any atom is -0.491 e. The number of piperidine rings is 1. The van der Waals surface area contributed by atoms with Gasteiger partial charge in [0.05, 0.1) is 18.4 Å². The maximum absolute atomic E-state index is 13.5. The quantitative estimate of drug-likeness (QED) is 0.675. The van der Waals surface area contributed by atoms with Crippen molar-refractivity contribution >= 4 is 17.7 Å². The molecule has 2 N–H and O–H groups in total. The van der Waals surface area contributed by atoms with E-state index in [9.17, 15) is 14.4 Å². The van der Waals surface area contributed by atoms with Gasteiger partial charge in [0.15, 0.2) is 0 Å². The summed E-state index contributed by atoms with van der Waals surface area (Å²) >= 11 is 0. The first-order valence-electron chi connectivity index (χ1n) is 13.1. The van der Waals surface area contributed by atoms with Gasteiger partial charge >= 0.3 is 0 Å². The maximum Gasteiger partial charge on any atom is 0.242 e. The van der Waals surface area contributed by atoms with E-state index in [1.807, 2.05) is 53.4 Å². The molecule has 0 unspecified atom stereocenters. The van der Waals surface area contributed by atoms with Crippen LogP contribution in [0.5, 0.6) is 5.75 Å². The second-order valence-electron chi connectivity index (χ2n) is 9.97. The fourth-order valence-corrected chi connectivity index (χ4v) is 5.19. The highest BCUT2D eigenvalue weighted by atomic mass is 16.5. The highest BCUT2D eigenvalue weighted by Gasteiger charge is 2.42. The molecule has 0 radical (unpaired) electrons. The van der Waals surface area contributed by atoms with Crippen molar-refractivity contribution < 1.29 is 19.1 Å². The zero-order valence-electron chi connectivity index (χ0n) is 21.1. The average molecular weight is 492 g/mol. The monoisotopic (exact) mass is 491 g/mol. The van der Waals surface area contributed by atoms with E-state index in [-0.39, 0.29) is 17.7 Å². The minimum atomic E-state index is -0.635. The molecule has 0 saturated carbocycles. The Balaban J connectivity index is 1.44. The lowest BCUT2D eigenvalue weighted by Gasteiger charge is -2.41. The van der Waals surface area contributed by atoms with E-state index in [1.54, 1.807) is 6.92 Å². The zero-order valence-corrected chi connectivity index (χ0v) is 21.1. The molecule has 1 fully saturated rings. The SMILES string of the molecule is C[C@@H]1NC(=O)C2(CCCCc3ccccc3OCCNC1=O)CCN(C(=O)Cc1ccccc1)CC2. The molecule has 2 aromatic rings. The van der Waals surface area contributed by atoms with E-state index < -0.39 is 11.5 Å². The summed E-state index contributed by atoms with van der Waals surface area (Å²) in [6.07, 6.45) is 5.02. The fraction of sp³-hybridized carbons (Fsp3) is 0.483. The molecule has 36 heavy (non-hydrogen) atoms. The lowest BCUT2D eigenvalue weighted by Crippen LogP contribution is -2.54. The van der Waals surface area contributed by atoms with Crippen LogP contribution in [-0.2, 0) is 27.2 Å². The molecule has 1 saturated heterocycles. The van der Waals surface area contributed by atoms with Gasteiger partial charge in [-0.15, -0.1) is 0 Å². The van der Waals surface area contributed by atoms with Gasteiger partial charge in [-0.05, 0) is 56.2 Å². The predicted octanol–water partition coefficient (Wildman–Crippen LogP) is 3.26. The first-order chi connectivity index (χ1) is 17.5. The molecule has 2 heterocycles. The molecule has 4 rings (SSSR count). The summed E-state index contributed by atoms with van der Waals surface area (Å²) in [5, 5.41) is 5.82. The Morgan fingerprint density at radius 1 is 1.00 bits per heavy atom. The number of ether oxygens (including phenoxy) is 1. The van der Waals surface area contributed by atoms with Crippen LogP contribution in [0.2, 0.25) is 0 Å². The summed E-state index contributed by atoms with van der Waals surface area (Å²) < 4.78 is 5.92. The lowest BCUT2D eigenvalue weighted by molar-refractivity contribution is -0.142. The van der Waals surface area contributed by atoms with Crippen molar-refractivity contribution in [3.63, 3.8) is 0 Å². The zero-order chi connectivity index (χ0) is 25.4. The second-order valence-corrected chi connectivity index (χ2v) is 9.97. The molecule has 192 valence electrons. The van der Waals surface area contributed by atoms with E-state index in [0.29, 0.717) is 45.5 Å². The number of nitrogens with one attached hydrogen (secondary N) is 2. The lowest BCUT2D eigenvalue weighted by atomic mass is 9.73. The van der Waals surface area contributed by atoms with Crippen molar-refractivity contribution in [3.05, 3.63) is 65.7 Å². The third kappa shape index (κ3) is 6.45. The van der Waals surface area contributed by atoms with Crippen molar-refractivity contribution in [1.82, 2.24) is 15.5 Å². The number of nitrogens with zero attached hydrogens (tertiary/aromatic N) is 1. The van der Waals surface area contributed by atoms with Crippen molar-refractivity contribution in [2.24, 2.45) is 5.41 Å². The Kier molecular flexibility index (Phi) is 8.62. The Bertz CT molecular complexity index is 1050. The van der Waals surface area contributed by atoms with Crippen LogP contribution < -0.4 is 15.4 Å². The summed E-state index contributed by atoms with van der Waals surface area (Å²) in [6.45, 7) is 3.57. The molecule has 1 spiro atoms. The molecule has 0 aromatic heterocycles. The largest absolute Gasteiger partial charge is 0.491 e. The molecule has 7 nitrogen and oxygen atoms in total. The smallest absolute Gasteiger partial charge is 0.242 e. The van der Waals surface area contributed by atoms with E-state index in [2.05, 4.69) is 16.7 Å². The topological polar surface area (TPSA) is 87.7 Å². The van der Waals surface area contributed by atoms with E-state index in [0.717, 1.165) is 42.6 Å². The maximum atomic E-state index is 13.5. The van der Waals surface area contributed by atoms with Gasteiger partial charge in [-0.1, -0.05) is 55.0 Å². The Morgan fingerprint density at radius 2 is 1.72 bits per heavy atom. The summed E-state index contributed by atoms with van der Waals surface area (Å²) in [5.41, 5.74) is 1.57. The van der Waals surface area contributed by atoms with Gasteiger partial charge in [0, 0.05) is 13.1 Å². The van der Waals surface area contributed by atoms with Gasteiger partial charge in [0.1, 0.15) is 18.4 Å². The van der Waals surface area contributed by atoms with Crippen LogP contribution in [0.25, 0.3) is 0 Å². The molecule has 0 aliphatic carbocycles. The molecule has 0 bridgehead atoms. The normalized spacial score (nSPS) is 21.2. The fourth-order valence-electron chi connectivity index (χ4n) is 5.19. The van der Waals surface area contributed by atoms with E-state index in [4.69, 9.17) is 4.74 Å². The molecular formula is C29H37N3O4. The predicted molar refractivity (Wildman–Crippen MR) is 138 cm³/mol. The number of amides is 3. The van der Waals surface area contributed by atoms with Crippen LogP contribution in [-0.4, -0.2) is 54.9 Å². The van der Waals surface area contributed by atoms with Crippen molar-refractivity contribution in [1.29, 1.82) is 0 Å². The number of para-hydroxylation sites is 1. The van der Waals surface area contributed by atoms with Gasteiger partial charge in [-0.3, -0.25) is 14.4 Å². The number of likely N-dealkylation sites (tertiary alicyclic amines) is 1. The number of benzene rings is 2. The van der Waals surface area contributed by atoms with Crippen LogP contribution in [0.1, 0.15) is 50.2 Å².